The molecule has 2 unspecified atom stereocenters. The Morgan fingerprint density at radius 1 is 1.05 bits per heavy atom. The van der Waals surface area contributed by atoms with Crippen LogP contribution in [0.25, 0.3) is 0 Å². The van der Waals surface area contributed by atoms with Gasteiger partial charge in [0.1, 0.15) is 11.5 Å². The van der Waals surface area contributed by atoms with E-state index in [0.29, 0.717) is 5.56 Å². The van der Waals surface area contributed by atoms with Crippen LogP contribution in [-0.2, 0) is 28.2 Å². The van der Waals surface area contributed by atoms with Gasteiger partial charge in [-0.05, 0) is 61.7 Å². The highest BCUT2D eigenvalue weighted by Crippen LogP contribution is 2.44. The normalized spacial score (nSPS) is 16.1. The van der Waals surface area contributed by atoms with Gasteiger partial charge in [0.05, 0.1) is 40.2 Å². The van der Waals surface area contributed by atoms with Gasteiger partial charge in [0.25, 0.3) is 10.0 Å². The molecule has 1 N–H and O–H groups in total. The maximum Gasteiger partial charge on any atom is 0.433 e. The van der Waals surface area contributed by atoms with E-state index in [1.807, 2.05) is 0 Å². The van der Waals surface area contributed by atoms with E-state index in [1.54, 1.807) is 13.0 Å². The molecule has 0 fully saturated rings. The lowest BCUT2D eigenvalue weighted by atomic mass is 9.79. The van der Waals surface area contributed by atoms with Gasteiger partial charge in [-0.25, -0.2) is 13.4 Å². The minimum absolute atomic E-state index is 0.0453. The highest BCUT2D eigenvalue weighted by atomic mass is 32.2. The van der Waals surface area contributed by atoms with Crippen molar-refractivity contribution >= 4 is 27.2 Å². The summed E-state index contributed by atoms with van der Waals surface area (Å²) >= 11 is 0. The van der Waals surface area contributed by atoms with Crippen LogP contribution >= 0.6 is 0 Å². The van der Waals surface area contributed by atoms with Gasteiger partial charge in [-0.15, -0.1) is 0 Å². The van der Waals surface area contributed by atoms with Crippen molar-refractivity contribution in [3.63, 3.8) is 0 Å². The molecule has 0 saturated carbocycles. The fourth-order valence-corrected chi connectivity index (χ4v) is 5.81. The maximum absolute atomic E-state index is 13.9. The second-order valence-corrected chi connectivity index (χ2v) is 11.5. The van der Waals surface area contributed by atoms with Crippen molar-refractivity contribution in [2.45, 2.75) is 62.3 Å². The molecule has 0 amide bonds. The number of sulfonamides is 1. The lowest BCUT2D eigenvalue weighted by Crippen LogP contribution is -2.39. The Bertz CT molecular complexity index is 1580. The average molecular weight is 583 g/mol. The number of nitrogens with zero attached hydrogens (tertiary/aromatic N) is 3. The first-order chi connectivity index (χ1) is 18.5. The van der Waals surface area contributed by atoms with Crippen molar-refractivity contribution in [1.29, 1.82) is 5.26 Å². The smallest absolute Gasteiger partial charge is 0.338 e. The number of alkyl halides is 6. The number of nitrogens with one attached hydrogen (secondary N) is 1. The van der Waals surface area contributed by atoms with E-state index in [1.165, 1.54) is 19.1 Å². The molecule has 0 aliphatic carbocycles. The molecule has 3 aromatic rings. The molecule has 0 bridgehead atoms. The van der Waals surface area contributed by atoms with Gasteiger partial charge in [0.15, 0.2) is 0 Å². The summed E-state index contributed by atoms with van der Waals surface area (Å²) < 4.78 is 110. The van der Waals surface area contributed by atoms with Crippen LogP contribution in [0.4, 0.5) is 43.5 Å². The summed E-state index contributed by atoms with van der Waals surface area (Å²) in [5.41, 5.74) is -2.73. The third kappa shape index (κ3) is 5.08. The van der Waals surface area contributed by atoms with Gasteiger partial charge in [-0.1, -0.05) is 31.2 Å². The lowest BCUT2D eigenvalue weighted by Gasteiger charge is -2.31. The Morgan fingerprint density at radius 2 is 1.70 bits per heavy atom. The van der Waals surface area contributed by atoms with Crippen molar-refractivity contribution in [3.05, 3.63) is 77.0 Å². The number of hydrogen-bond donors (Lipinski definition) is 1. The standard InChI is InChI=1S/C27H24F6N4O2S/c1-4-25(3,27(31,32)33)19-7-9-20(10-8-19)40(38,39)37-15-18-6-12-23(26(28,29)30)36-24(18)35-21-11-5-17(13-22(21)37)16(2)14-34/h5-13,16H,4,15H2,1-3H3,(H,35,36). The molecule has 0 radical (unpaired) electrons. The number of hydrogen-bond acceptors (Lipinski definition) is 5. The highest BCUT2D eigenvalue weighted by molar-refractivity contribution is 7.92. The molecule has 2 aromatic carbocycles. The van der Waals surface area contributed by atoms with Gasteiger partial charge in [0.2, 0.25) is 0 Å². The van der Waals surface area contributed by atoms with Gasteiger partial charge in [0, 0.05) is 5.56 Å². The summed E-state index contributed by atoms with van der Waals surface area (Å²) in [5, 5.41) is 12.2. The third-order valence-electron chi connectivity index (χ3n) is 7.23. The number of pyridine rings is 1. The van der Waals surface area contributed by atoms with Crippen molar-refractivity contribution < 1.29 is 34.8 Å². The summed E-state index contributed by atoms with van der Waals surface area (Å²) in [6, 6.07) is 12.7. The summed E-state index contributed by atoms with van der Waals surface area (Å²) in [4.78, 5) is 3.35. The van der Waals surface area contributed by atoms with Crippen LogP contribution in [0.3, 0.4) is 0 Å². The molecule has 2 atom stereocenters. The minimum Gasteiger partial charge on any atom is -0.338 e. The summed E-state index contributed by atoms with van der Waals surface area (Å²) in [5.74, 6) is -0.835. The van der Waals surface area contributed by atoms with E-state index in [4.69, 9.17) is 0 Å². The fourth-order valence-electron chi connectivity index (χ4n) is 4.36. The van der Waals surface area contributed by atoms with E-state index in [-0.39, 0.29) is 39.6 Å². The van der Waals surface area contributed by atoms with Crippen molar-refractivity contribution in [1.82, 2.24) is 4.98 Å². The molecule has 4 rings (SSSR count). The number of rotatable bonds is 5. The summed E-state index contributed by atoms with van der Waals surface area (Å²) in [7, 11) is -4.45. The van der Waals surface area contributed by atoms with Crippen LogP contribution in [0.1, 0.15) is 55.5 Å². The molecule has 6 nitrogen and oxygen atoms in total. The first-order valence-electron chi connectivity index (χ1n) is 12.1. The van der Waals surface area contributed by atoms with Gasteiger partial charge < -0.3 is 5.32 Å². The second-order valence-electron chi connectivity index (χ2n) is 9.67. The molecule has 13 heteroatoms. The van der Waals surface area contributed by atoms with E-state index < -0.39 is 45.9 Å². The molecule has 40 heavy (non-hydrogen) atoms. The SMILES string of the molecule is CCC(C)(c1ccc(S(=O)(=O)N2Cc3ccc(C(F)(F)F)nc3Nc3ccc(C(C)C#N)cc32)cc1)C(F)(F)F. The molecule has 2 heterocycles. The van der Waals surface area contributed by atoms with Crippen molar-refractivity contribution in [2.24, 2.45) is 0 Å². The van der Waals surface area contributed by atoms with E-state index in [2.05, 4.69) is 16.4 Å². The zero-order valence-corrected chi connectivity index (χ0v) is 22.3. The number of benzene rings is 2. The van der Waals surface area contributed by atoms with Gasteiger partial charge >= 0.3 is 12.4 Å². The van der Waals surface area contributed by atoms with Gasteiger partial charge in [-0.3, -0.25) is 4.31 Å². The zero-order valence-electron chi connectivity index (χ0n) is 21.5. The van der Waals surface area contributed by atoms with Crippen LogP contribution in [-0.4, -0.2) is 19.6 Å². The first-order valence-corrected chi connectivity index (χ1v) is 13.5. The minimum atomic E-state index is -4.74. The molecule has 212 valence electrons. The maximum atomic E-state index is 13.9. The third-order valence-corrected chi connectivity index (χ3v) is 9.01. The van der Waals surface area contributed by atoms with E-state index in [9.17, 15) is 40.0 Å². The van der Waals surface area contributed by atoms with Crippen LogP contribution in [0.2, 0.25) is 0 Å². The Kier molecular flexibility index (Phi) is 7.30. The quantitative estimate of drug-likeness (QED) is 0.317. The molecule has 0 spiro atoms. The Labute approximate surface area is 227 Å². The highest BCUT2D eigenvalue weighted by Gasteiger charge is 2.50. The van der Waals surface area contributed by atoms with Crippen LogP contribution < -0.4 is 9.62 Å². The number of anilines is 3. The molecular formula is C27H24F6N4O2S. The van der Waals surface area contributed by atoms with Crippen LogP contribution in [0.15, 0.2) is 59.5 Å². The summed E-state index contributed by atoms with van der Waals surface area (Å²) in [6.45, 7) is 3.59. The van der Waals surface area contributed by atoms with Crippen LogP contribution in [0.5, 0.6) is 0 Å². The van der Waals surface area contributed by atoms with Crippen molar-refractivity contribution in [2.75, 3.05) is 9.62 Å². The van der Waals surface area contributed by atoms with E-state index in [0.717, 1.165) is 47.6 Å². The topological polar surface area (TPSA) is 86.1 Å². The molecule has 0 saturated heterocycles. The average Bonchev–Trinajstić information content (AvgIpc) is 3.07. The van der Waals surface area contributed by atoms with Crippen molar-refractivity contribution in [3.8, 4) is 6.07 Å². The molecular weight excluding hydrogens is 558 g/mol. The number of nitriles is 1. The molecule has 1 aliphatic heterocycles. The van der Waals surface area contributed by atoms with E-state index >= 15 is 0 Å². The Morgan fingerprint density at radius 3 is 2.25 bits per heavy atom. The Balaban J connectivity index is 1.86. The predicted molar refractivity (Wildman–Crippen MR) is 137 cm³/mol. The molecule has 1 aromatic heterocycles. The number of fused-ring (bicyclic) bond motifs is 2. The number of halogens is 6. The second kappa shape index (κ2) is 9.99. The largest absolute Gasteiger partial charge is 0.433 e. The zero-order chi connectivity index (χ0) is 29.7. The Hall–Kier alpha value is -3.79. The van der Waals surface area contributed by atoms with Crippen LogP contribution in [0, 0.1) is 11.3 Å². The fraction of sp³-hybridized carbons (Fsp3) is 0.333. The number of aromatic nitrogens is 1. The predicted octanol–water partition coefficient (Wildman–Crippen LogP) is 7.41. The monoisotopic (exact) mass is 582 g/mol. The van der Waals surface area contributed by atoms with Gasteiger partial charge in [-0.2, -0.15) is 31.6 Å². The lowest BCUT2D eigenvalue weighted by molar-refractivity contribution is -0.186. The molecule has 1 aliphatic rings. The first kappa shape index (κ1) is 29.2. The summed E-state index contributed by atoms with van der Waals surface area (Å²) in [6.07, 6.45) is -9.58.